The summed E-state index contributed by atoms with van der Waals surface area (Å²) in [5, 5.41) is 1.28. The number of rotatable bonds is 10. The normalized spacial score (nSPS) is 16.7. The van der Waals surface area contributed by atoms with Gasteiger partial charge in [-0.25, -0.2) is 9.97 Å². The van der Waals surface area contributed by atoms with E-state index in [0.29, 0.717) is 60.8 Å². The fraction of sp³-hybridized carbons (Fsp3) is 0.538. The zero-order valence-electron chi connectivity index (χ0n) is 30.6. The van der Waals surface area contributed by atoms with Gasteiger partial charge >= 0.3 is 6.18 Å². The second-order valence-corrected chi connectivity index (χ2v) is 15.9. The van der Waals surface area contributed by atoms with Gasteiger partial charge in [0.05, 0.1) is 21.4 Å². The van der Waals surface area contributed by atoms with Crippen LogP contribution in [0.5, 0.6) is 0 Å². The Morgan fingerprint density at radius 1 is 0.698 bits per heavy atom. The Morgan fingerprint density at radius 2 is 1.21 bits per heavy atom. The molecular weight excluding hydrogens is 748 g/mol. The molecule has 6 rings (SSSR count). The summed E-state index contributed by atoms with van der Waals surface area (Å²) in [6.45, 7) is 10.3. The molecule has 14 heteroatoms. The molecule has 0 radical (unpaired) electrons. The monoisotopic (exact) mass is 794 g/mol. The second-order valence-electron chi connectivity index (χ2n) is 14.7. The van der Waals surface area contributed by atoms with Gasteiger partial charge in [0, 0.05) is 69.5 Å². The fourth-order valence-electron chi connectivity index (χ4n) is 6.85. The third-order valence-electron chi connectivity index (χ3n) is 9.74. The standard InChI is InChI=1S/C26H33ClF3N5O.C13H15Cl2NO/c1-25(2,3)24-31-20(26(28,29)30)17-21(32-24)34-15-13-33(14-16-34)11-4-5-12-35-22(36)10-9-18-7-6-8-19(27)23(18)35;14-8-1-2-9-16-12(17)7-6-10-4-3-5-11(15)13(10)16/h6-8,17H,4-5,9-16H2,1-3H3;3-5H,1-2,6-9H2. The molecule has 1 aromatic heterocycles. The van der Waals surface area contributed by atoms with E-state index in [1.807, 2.05) is 71.9 Å². The molecule has 3 aromatic rings. The molecule has 0 aliphatic carbocycles. The molecule has 288 valence electrons. The first-order valence-corrected chi connectivity index (χ1v) is 19.6. The van der Waals surface area contributed by atoms with E-state index >= 15 is 0 Å². The molecule has 0 atom stereocenters. The number of benzene rings is 2. The van der Waals surface area contributed by atoms with Crippen LogP contribution < -0.4 is 14.7 Å². The number of anilines is 3. The first kappa shape index (κ1) is 41.1. The lowest BCUT2D eigenvalue weighted by Crippen LogP contribution is -2.47. The van der Waals surface area contributed by atoms with Crippen molar-refractivity contribution in [1.29, 1.82) is 0 Å². The predicted octanol–water partition coefficient (Wildman–Crippen LogP) is 8.97. The van der Waals surface area contributed by atoms with E-state index in [1.54, 1.807) is 0 Å². The molecule has 4 heterocycles. The van der Waals surface area contributed by atoms with Crippen molar-refractivity contribution in [3.8, 4) is 0 Å². The third kappa shape index (κ3) is 10.6. The quantitative estimate of drug-likeness (QED) is 0.151. The number of carbonyl (C=O) groups excluding carboxylic acids is 2. The van der Waals surface area contributed by atoms with E-state index in [1.165, 1.54) is 5.56 Å². The second kappa shape index (κ2) is 18.0. The molecule has 0 unspecified atom stereocenters. The summed E-state index contributed by atoms with van der Waals surface area (Å²) < 4.78 is 40.4. The molecule has 0 saturated carbocycles. The molecular formula is C39H48Cl3F3N6O2. The summed E-state index contributed by atoms with van der Waals surface area (Å²) in [6, 6.07) is 12.7. The van der Waals surface area contributed by atoms with Crippen LogP contribution in [0.15, 0.2) is 42.5 Å². The first-order chi connectivity index (χ1) is 25.2. The maximum Gasteiger partial charge on any atom is 0.433 e. The minimum Gasteiger partial charge on any atom is -0.354 e. The predicted molar refractivity (Wildman–Crippen MR) is 208 cm³/mol. The van der Waals surface area contributed by atoms with Gasteiger partial charge in [0.2, 0.25) is 11.8 Å². The molecule has 3 aliphatic heterocycles. The average molecular weight is 796 g/mol. The number of para-hydroxylation sites is 2. The number of hydrogen-bond donors (Lipinski definition) is 0. The lowest BCUT2D eigenvalue weighted by Gasteiger charge is -2.36. The van der Waals surface area contributed by atoms with Crippen LogP contribution in [0.2, 0.25) is 10.0 Å². The number of fused-ring (bicyclic) bond motifs is 2. The lowest BCUT2D eigenvalue weighted by atomic mass is 9.95. The Morgan fingerprint density at radius 3 is 1.70 bits per heavy atom. The summed E-state index contributed by atoms with van der Waals surface area (Å²) in [5.74, 6) is 1.45. The van der Waals surface area contributed by atoms with Crippen LogP contribution in [-0.4, -0.2) is 78.4 Å². The highest BCUT2D eigenvalue weighted by Gasteiger charge is 2.36. The van der Waals surface area contributed by atoms with Crippen molar-refractivity contribution >= 4 is 63.8 Å². The average Bonchev–Trinajstić information content (AvgIpc) is 3.12. The molecule has 0 spiro atoms. The number of piperazine rings is 1. The number of unbranched alkanes of at least 4 members (excludes halogenated alkanes) is 2. The van der Waals surface area contributed by atoms with Crippen molar-refractivity contribution in [3.63, 3.8) is 0 Å². The Labute approximate surface area is 325 Å². The molecule has 1 fully saturated rings. The molecule has 0 bridgehead atoms. The number of hydrogen-bond acceptors (Lipinski definition) is 6. The van der Waals surface area contributed by atoms with Gasteiger partial charge in [0.25, 0.3) is 0 Å². The Kier molecular flexibility index (Phi) is 13.9. The van der Waals surface area contributed by atoms with Gasteiger partial charge in [-0.1, -0.05) is 68.2 Å². The maximum absolute atomic E-state index is 13.5. The molecule has 3 aliphatic rings. The van der Waals surface area contributed by atoms with Crippen LogP contribution in [-0.2, 0) is 34.0 Å². The van der Waals surface area contributed by atoms with Gasteiger partial charge in [-0.2, -0.15) is 13.2 Å². The maximum atomic E-state index is 13.5. The van der Waals surface area contributed by atoms with Crippen LogP contribution >= 0.6 is 34.8 Å². The highest BCUT2D eigenvalue weighted by Crippen LogP contribution is 2.36. The zero-order valence-corrected chi connectivity index (χ0v) is 32.9. The van der Waals surface area contributed by atoms with Gasteiger partial charge in [-0.3, -0.25) is 14.5 Å². The van der Waals surface area contributed by atoms with Gasteiger partial charge in [-0.05, 0) is 68.3 Å². The number of aromatic nitrogens is 2. The van der Waals surface area contributed by atoms with Crippen molar-refractivity contribution in [3.05, 3.63) is 75.2 Å². The smallest absolute Gasteiger partial charge is 0.354 e. The van der Waals surface area contributed by atoms with Crippen LogP contribution in [0.3, 0.4) is 0 Å². The molecule has 2 amide bonds. The Bertz CT molecular complexity index is 1710. The molecule has 53 heavy (non-hydrogen) atoms. The van der Waals surface area contributed by atoms with Crippen molar-refractivity contribution in [1.82, 2.24) is 14.9 Å². The number of carbonyl (C=O) groups is 2. The number of nitrogens with zero attached hydrogens (tertiary/aromatic N) is 6. The number of amides is 2. The molecule has 8 nitrogen and oxygen atoms in total. The van der Waals surface area contributed by atoms with E-state index in [-0.39, 0.29) is 17.6 Å². The number of alkyl halides is 4. The van der Waals surface area contributed by atoms with Gasteiger partial charge in [0.1, 0.15) is 17.3 Å². The van der Waals surface area contributed by atoms with Crippen molar-refractivity contribution < 1.29 is 22.8 Å². The van der Waals surface area contributed by atoms with Gasteiger partial charge in [-0.15, -0.1) is 11.6 Å². The topological polar surface area (TPSA) is 72.9 Å². The van der Waals surface area contributed by atoms with E-state index in [2.05, 4.69) is 14.9 Å². The summed E-state index contributed by atoms with van der Waals surface area (Å²) in [6.07, 6.45) is 1.70. The van der Waals surface area contributed by atoms with E-state index in [9.17, 15) is 22.8 Å². The van der Waals surface area contributed by atoms with Gasteiger partial charge < -0.3 is 14.7 Å². The Balaban J connectivity index is 0.000000265. The zero-order chi connectivity index (χ0) is 38.3. The van der Waals surface area contributed by atoms with Crippen LogP contribution in [0, 0.1) is 0 Å². The third-order valence-corrected chi connectivity index (χ3v) is 10.6. The molecule has 2 aromatic carbocycles. The lowest BCUT2D eigenvalue weighted by molar-refractivity contribution is -0.141. The first-order valence-electron chi connectivity index (χ1n) is 18.3. The van der Waals surface area contributed by atoms with Crippen molar-refractivity contribution in [2.45, 2.75) is 83.7 Å². The van der Waals surface area contributed by atoms with E-state index < -0.39 is 17.3 Å². The Hall–Kier alpha value is -3.12. The highest BCUT2D eigenvalue weighted by molar-refractivity contribution is 6.34. The van der Waals surface area contributed by atoms with Crippen LogP contribution in [0.25, 0.3) is 0 Å². The van der Waals surface area contributed by atoms with E-state index in [0.717, 1.165) is 81.2 Å². The molecule has 0 N–H and O–H groups in total. The molecule has 1 saturated heterocycles. The minimum atomic E-state index is -4.51. The van der Waals surface area contributed by atoms with Crippen LogP contribution in [0.1, 0.15) is 81.9 Å². The minimum absolute atomic E-state index is 0.113. The largest absolute Gasteiger partial charge is 0.433 e. The summed E-state index contributed by atoms with van der Waals surface area (Å²) in [7, 11) is 0. The SMILES string of the molecule is CC(C)(C)c1nc(N2CCN(CCCCN3C(=O)CCc4cccc(Cl)c43)CC2)cc(C(F)(F)F)n1.O=C1CCc2cccc(Cl)c2N1CCCCCl. The summed E-state index contributed by atoms with van der Waals surface area (Å²) in [4.78, 5) is 40.6. The van der Waals surface area contributed by atoms with Gasteiger partial charge in [0.15, 0.2) is 0 Å². The van der Waals surface area contributed by atoms with Crippen molar-refractivity contribution in [2.24, 2.45) is 0 Å². The van der Waals surface area contributed by atoms with Crippen LogP contribution in [0.4, 0.5) is 30.4 Å². The fourth-order valence-corrected chi connectivity index (χ4v) is 7.63. The number of aryl methyl sites for hydroxylation is 2. The summed E-state index contributed by atoms with van der Waals surface area (Å²) in [5.41, 5.74) is 2.56. The van der Waals surface area contributed by atoms with Crippen molar-refractivity contribution in [2.75, 3.05) is 66.4 Å². The highest BCUT2D eigenvalue weighted by atomic mass is 35.5. The van der Waals surface area contributed by atoms with E-state index in [4.69, 9.17) is 34.8 Å². The number of halogens is 6. The summed E-state index contributed by atoms with van der Waals surface area (Å²) >= 11 is 18.2.